The Morgan fingerprint density at radius 2 is 1.83 bits per heavy atom. The molecular weight excluding hydrogens is 218 g/mol. The Hall–Kier alpha value is -0.820. The van der Waals surface area contributed by atoms with E-state index in [-0.39, 0.29) is 5.41 Å². The maximum absolute atomic E-state index is 3.65. The van der Waals surface area contributed by atoms with Crippen LogP contribution in [-0.4, -0.2) is 6.54 Å². The molecule has 98 valence electrons. The minimum atomic E-state index is 0.259. The van der Waals surface area contributed by atoms with Crippen molar-refractivity contribution in [2.75, 3.05) is 6.54 Å². The lowest BCUT2D eigenvalue weighted by Gasteiger charge is -2.37. The topological polar surface area (TPSA) is 12.0 Å². The summed E-state index contributed by atoms with van der Waals surface area (Å²) >= 11 is 0. The van der Waals surface area contributed by atoms with Gasteiger partial charge >= 0.3 is 0 Å². The summed E-state index contributed by atoms with van der Waals surface area (Å²) in [5.41, 5.74) is 5.39. The van der Waals surface area contributed by atoms with Gasteiger partial charge in [-0.3, -0.25) is 0 Å². The zero-order valence-electron chi connectivity index (χ0n) is 12.0. The molecule has 1 saturated carbocycles. The molecule has 18 heavy (non-hydrogen) atoms. The van der Waals surface area contributed by atoms with E-state index < -0.39 is 0 Å². The van der Waals surface area contributed by atoms with Crippen LogP contribution in [0.3, 0.4) is 0 Å². The molecule has 1 aliphatic carbocycles. The number of hydrogen-bond donors (Lipinski definition) is 1. The Balaban J connectivity index is 2.05. The lowest BCUT2D eigenvalue weighted by molar-refractivity contribution is 0.376. The van der Waals surface area contributed by atoms with E-state index in [1.807, 2.05) is 0 Å². The van der Waals surface area contributed by atoms with E-state index in [0.717, 1.165) is 6.54 Å². The highest BCUT2D eigenvalue weighted by atomic mass is 14.9. The second-order valence-corrected chi connectivity index (χ2v) is 7.21. The molecule has 0 atom stereocenters. The van der Waals surface area contributed by atoms with Crippen molar-refractivity contribution in [3.8, 4) is 0 Å². The molecule has 0 amide bonds. The lowest BCUT2D eigenvalue weighted by atomic mass is 9.73. The van der Waals surface area contributed by atoms with Crippen LogP contribution in [-0.2, 0) is 17.4 Å². The molecule has 2 aliphatic rings. The predicted octanol–water partition coefficient (Wildman–Crippen LogP) is 3.90. The van der Waals surface area contributed by atoms with E-state index >= 15 is 0 Å². The third kappa shape index (κ3) is 1.89. The van der Waals surface area contributed by atoms with Gasteiger partial charge in [0.15, 0.2) is 0 Å². The standard InChI is InChI=1S/C17H25N/c1-16(2,3)14-6-7-15-13(10-14)11-18-12-17(15)8-4-5-9-17/h6-7,10,18H,4-5,8-9,11-12H2,1-3H3. The molecule has 1 fully saturated rings. The van der Waals surface area contributed by atoms with Crippen molar-refractivity contribution in [1.29, 1.82) is 0 Å². The van der Waals surface area contributed by atoms with Crippen LogP contribution in [0, 0.1) is 0 Å². The maximum atomic E-state index is 3.65. The quantitative estimate of drug-likeness (QED) is 0.728. The molecule has 0 bridgehead atoms. The SMILES string of the molecule is CC(C)(C)c1ccc2c(c1)CNCC21CCCC1. The van der Waals surface area contributed by atoms with Crippen molar-refractivity contribution in [1.82, 2.24) is 5.32 Å². The fraction of sp³-hybridized carbons (Fsp3) is 0.647. The second kappa shape index (κ2) is 4.09. The highest BCUT2D eigenvalue weighted by Crippen LogP contribution is 2.44. The van der Waals surface area contributed by atoms with Crippen molar-refractivity contribution in [3.05, 3.63) is 34.9 Å². The van der Waals surface area contributed by atoms with Crippen molar-refractivity contribution in [2.24, 2.45) is 0 Å². The van der Waals surface area contributed by atoms with Crippen molar-refractivity contribution >= 4 is 0 Å². The number of nitrogens with one attached hydrogen (secondary N) is 1. The lowest BCUT2D eigenvalue weighted by Crippen LogP contribution is -2.41. The molecule has 1 aromatic rings. The van der Waals surface area contributed by atoms with Gasteiger partial charge in [0, 0.05) is 18.5 Å². The van der Waals surface area contributed by atoms with E-state index in [4.69, 9.17) is 0 Å². The molecule has 1 spiro atoms. The average Bonchev–Trinajstić information content (AvgIpc) is 2.77. The molecule has 0 aromatic heterocycles. The molecule has 0 unspecified atom stereocenters. The first-order valence-electron chi connectivity index (χ1n) is 7.36. The predicted molar refractivity (Wildman–Crippen MR) is 77.0 cm³/mol. The van der Waals surface area contributed by atoms with Crippen LogP contribution in [0.15, 0.2) is 18.2 Å². The summed E-state index contributed by atoms with van der Waals surface area (Å²) in [7, 11) is 0. The van der Waals surface area contributed by atoms with E-state index in [2.05, 4.69) is 44.3 Å². The smallest absolute Gasteiger partial charge is 0.0208 e. The normalized spacial score (nSPS) is 22.2. The van der Waals surface area contributed by atoms with Crippen molar-refractivity contribution < 1.29 is 0 Å². The molecule has 1 N–H and O–H groups in total. The van der Waals surface area contributed by atoms with Gasteiger partial charge in [0.2, 0.25) is 0 Å². The van der Waals surface area contributed by atoms with Crippen LogP contribution in [0.5, 0.6) is 0 Å². The number of benzene rings is 1. The van der Waals surface area contributed by atoms with Gasteiger partial charge in [0.1, 0.15) is 0 Å². The Labute approximate surface area is 111 Å². The van der Waals surface area contributed by atoms with Crippen LogP contribution in [0.25, 0.3) is 0 Å². The highest BCUT2D eigenvalue weighted by molar-refractivity contribution is 5.42. The fourth-order valence-corrected chi connectivity index (χ4v) is 3.75. The van der Waals surface area contributed by atoms with E-state index in [1.165, 1.54) is 37.8 Å². The average molecular weight is 243 g/mol. The second-order valence-electron chi connectivity index (χ2n) is 7.21. The first-order chi connectivity index (χ1) is 8.51. The molecular formula is C17H25N. The van der Waals surface area contributed by atoms with E-state index in [0.29, 0.717) is 5.41 Å². The van der Waals surface area contributed by atoms with Gasteiger partial charge < -0.3 is 5.32 Å². The highest BCUT2D eigenvalue weighted by Gasteiger charge is 2.39. The van der Waals surface area contributed by atoms with E-state index in [9.17, 15) is 0 Å². The summed E-state index contributed by atoms with van der Waals surface area (Å²) in [6.45, 7) is 9.15. The molecule has 0 radical (unpaired) electrons. The van der Waals surface area contributed by atoms with Gasteiger partial charge in [-0.15, -0.1) is 0 Å². The largest absolute Gasteiger partial charge is 0.312 e. The van der Waals surface area contributed by atoms with Gasteiger partial charge in [-0.05, 0) is 34.9 Å². The summed E-state index contributed by atoms with van der Waals surface area (Å²) in [4.78, 5) is 0. The minimum Gasteiger partial charge on any atom is -0.312 e. The zero-order valence-corrected chi connectivity index (χ0v) is 12.0. The fourth-order valence-electron chi connectivity index (χ4n) is 3.75. The summed E-state index contributed by atoms with van der Waals surface area (Å²) < 4.78 is 0. The molecule has 3 rings (SSSR count). The van der Waals surface area contributed by atoms with Gasteiger partial charge in [-0.25, -0.2) is 0 Å². The third-order valence-electron chi connectivity index (χ3n) is 4.88. The Morgan fingerprint density at radius 3 is 2.50 bits per heavy atom. The molecule has 1 aromatic carbocycles. The third-order valence-corrected chi connectivity index (χ3v) is 4.88. The molecule has 0 saturated heterocycles. The van der Waals surface area contributed by atoms with Crippen LogP contribution in [0.4, 0.5) is 0 Å². The summed E-state index contributed by atoms with van der Waals surface area (Å²) in [5, 5.41) is 3.65. The molecule has 1 nitrogen and oxygen atoms in total. The number of hydrogen-bond acceptors (Lipinski definition) is 1. The Bertz CT molecular complexity index is 447. The van der Waals surface area contributed by atoms with Crippen LogP contribution >= 0.6 is 0 Å². The zero-order chi connectivity index (χ0) is 12.8. The maximum Gasteiger partial charge on any atom is 0.0208 e. The van der Waals surface area contributed by atoms with Gasteiger partial charge in [-0.2, -0.15) is 0 Å². The van der Waals surface area contributed by atoms with E-state index in [1.54, 1.807) is 11.1 Å². The summed E-state index contributed by atoms with van der Waals surface area (Å²) in [6, 6.07) is 7.24. The Morgan fingerprint density at radius 1 is 1.11 bits per heavy atom. The first-order valence-corrected chi connectivity index (χ1v) is 7.36. The van der Waals surface area contributed by atoms with Crippen LogP contribution in [0.2, 0.25) is 0 Å². The summed E-state index contributed by atoms with van der Waals surface area (Å²) in [6.07, 6.45) is 5.56. The van der Waals surface area contributed by atoms with Gasteiger partial charge in [0.05, 0.1) is 0 Å². The molecule has 1 aliphatic heterocycles. The monoisotopic (exact) mass is 243 g/mol. The van der Waals surface area contributed by atoms with Crippen LogP contribution in [0.1, 0.15) is 63.1 Å². The van der Waals surface area contributed by atoms with Crippen LogP contribution < -0.4 is 5.32 Å². The molecule has 1 heteroatoms. The number of rotatable bonds is 0. The molecule has 1 heterocycles. The van der Waals surface area contributed by atoms with Gasteiger partial charge in [0.25, 0.3) is 0 Å². The summed E-state index contributed by atoms with van der Waals surface area (Å²) in [5.74, 6) is 0. The first kappa shape index (κ1) is 12.2. The van der Waals surface area contributed by atoms with Crippen molar-refractivity contribution in [2.45, 2.75) is 63.8 Å². The number of fused-ring (bicyclic) bond motifs is 2. The Kier molecular flexibility index (Phi) is 2.78. The van der Waals surface area contributed by atoms with Crippen molar-refractivity contribution in [3.63, 3.8) is 0 Å². The van der Waals surface area contributed by atoms with Gasteiger partial charge in [-0.1, -0.05) is 51.8 Å². The minimum absolute atomic E-state index is 0.259.